The van der Waals surface area contributed by atoms with Crippen molar-refractivity contribution >= 4 is 14.3 Å². The Bertz CT molecular complexity index is 154. The summed E-state index contributed by atoms with van der Waals surface area (Å²) in [7, 11) is -1.74. The van der Waals surface area contributed by atoms with Gasteiger partial charge in [0.05, 0.1) is 0 Å². The Morgan fingerprint density at radius 3 is 2.33 bits per heavy atom. The first-order valence-corrected chi connectivity index (χ1v) is 7.76. The fourth-order valence-electron chi connectivity index (χ4n) is 0.806. The molecule has 12 heavy (non-hydrogen) atoms. The number of rotatable bonds is 4. The zero-order valence-electron chi connectivity index (χ0n) is 8.39. The van der Waals surface area contributed by atoms with Crippen LogP contribution < -0.4 is 5.73 Å². The second-order valence-corrected chi connectivity index (χ2v) is 8.36. The van der Waals surface area contributed by atoms with Crippen LogP contribution in [-0.2, 0) is 9.22 Å². The monoisotopic (exact) mass is 189 g/mol. The third kappa shape index (κ3) is 5.32. The van der Waals surface area contributed by atoms with E-state index in [4.69, 9.17) is 10.2 Å². The van der Waals surface area contributed by atoms with E-state index in [-0.39, 0.29) is 5.97 Å². The maximum absolute atomic E-state index is 11.2. The molecule has 0 radical (unpaired) electrons. The van der Waals surface area contributed by atoms with Crippen molar-refractivity contribution in [3.05, 3.63) is 0 Å². The van der Waals surface area contributed by atoms with E-state index >= 15 is 0 Å². The third-order valence-corrected chi connectivity index (χ3v) is 2.12. The van der Waals surface area contributed by atoms with Gasteiger partial charge in [0.2, 0.25) is 8.32 Å². The van der Waals surface area contributed by atoms with Crippen molar-refractivity contribution < 1.29 is 9.22 Å². The lowest BCUT2D eigenvalue weighted by Gasteiger charge is -2.20. The van der Waals surface area contributed by atoms with Crippen LogP contribution in [-0.4, -0.2) is 20.3 Å². The van der Waals surface area contributed by atoms with Crippen LogP contribution >= 0.6 is 0 Å². The Hall–Kier alpha value is -0.353. The molecule has 0 rings (SSSR count). The molecule has 0 aromatic carbocycles. The smallest absolute Gasteiger partial charge is 0.309 e. The van der Waals surface area contributed by atoms with Crippen molar-refractivity contribution in [2.24, 2.45) is 5.73 Å². The number of carbonyl (C=O) groups is 1. The molecular formula is C8H19NO2Si. The van der Waals surface area contributed by atoms with Gasteiger partial charge in [0.1, 0.15) is 6.04 Å². The average molecular weight is 189 g/mol. The maximum Gasteiger partial charge on any atom is 0.309 e. The van der Waals surface area contributed by atoms with Crippen LogP contribution in [0.5, 0.6) is 0 Å². The standard InChI is InChI=1S/C8H19NO2Si/c1-5-6-7(9)8(10)11-12(2,3)4/h7H,5-6,9H2,1-4H3/t7-/m0/s1. The summed E-state index contributed by atoms with van der Waals surface area (Å²) >= 11 is 0. The minimum atomic E-state index is -1.74. The minimum absolute atomic E-state index is 0.240. The molecule has 0 heterocycles. The molecule has 0 aliphatic heterocycles. The highest BCUT2D eigenvalue weighted by atomic mass is 28.4. The van der Waals surface area contributed by atoms with Gasteiger partial charge in [0, 0.05) is 0 Å². The van der Waals surface area contributed by atoms with Crippen LogP contribution in [0.1, 0.15) is 19.8 Å². The van der Waals surface area contributed by atoms with Gasteiger partial charge >= 0.3 is 5.97 Å². The van der Waals surface area contributed by atoms with Gasteiger partial charge in [-0.25, -0.2) is 0 Å². The van der Waals surface area contributed by atoms with Crippen molar-refractivity contribution in [3.63, 3.8) is 0 Å². The van der Waals surface area contributed by atoms with Crippen LogP contribution in [0.3, 0.4) is 0 Å². The van der Waals surface area contributed by atoms with Crippen LogP contribution in [0.4, 0.5) is 0 Å². The zero-order valence-corrected chi connectivity index (χ0v) is 9.39. The summed E-state index contributed by atoms with van der Waals surface area (Å²) in [5, 5.41) is 0. The molecular weight excluding hydrogens is 170 g/mol. The van der Waals surface area contributed by atoms with Crippen molar-refractivity contribution in [1.29, 1.82) is 0 Å². The molecule has 72 valence electrons. The first-order valence-electron chi connectivity index (χ1n) is 4.35. The van der Waals surface area contributed by atoms with Gasteiger partial charge in [-0.3, -0.25) is 4.79 Å². The fourth-order valence-corrected chi connectivity index (χ4v) is 1.56. The molecule has 0 bridgehead atoms. The molecule has 0 fully saturated rings. The Labute approximate surface area is 75.4 Å². The quantitative estimate of drug-likeness (QED) is 0.682. The molecule has 0 spiro atoms. The van der Waals surface area contributed by atoms with Crippen molar-refractivity contribution in [2.45, 2.75) is 45.4 Å². The van der Waals surface area contributed by atoms with E-state index in [1.165, 1.54) is 0 Å². The topological polar surface area (TPSA) is 52.3 Å². The summed E-state index contributed by atoms with van der Waals surface area (Å²) < 4.78 is 5.23. The van der Waals surface area contributed by atoms with Crippen LogP contribution in [0.15, 0.2) is 0 Å². The first kappa shape index (κ1) is 11.6. The molecule has 3 nitrogen and oxygen atoms in total. The SMILES string of the molecule is CCC[C@H](N)C(=O)O[Si](C)(C)C. The molecule has 0 saturated carbocycles. The van der Waals surface area contributed by atoms with Gasteiger partial charge in [-0.2, -0.15) is 0 Å². The van der Waals surface area contributed by atoms with E-state index in [1.807, 2.05) is 26.6 Å². The molecule has 0 aromatic heterocycles. The number of hydrogen-bond acceptors (Lipinski definition) is 3. The molecule has 0 amide bonds. The van der Waals surface area contributed by atoms with Crippen LogP contribution in [0.25, 0.3) is 0 Å². The van der Waals surface area contributed by atoms with E-state index in [1.54, 1.807) is 0 Å². The average Bonchev–Trinajstić information content (AvgIpc) is 1.84. The molecule has 2 N–H and O–H groups in total. The maximum atomic E-state index is 11.2. The zero-order chi connectivity index (χ0) is 9.78. The van der Waals surface area contributed by atoms with E-state index in [0.717, 1.165) is 6.42 Å². The van der Waals surface area contributed by atoms with Gasteiger partial charge < -0.3 is 10.2 Å². The molecule has 0 aliphatic rings. The Kier molecular flexibility index (Phi) is 4.48. The van der Waals surface area contributed by atoms with Gasteiger partial charge in [0.25, 0.3) is 0 Å². The Morgan fingerprint density at radius 1 is 1.50 bits per heavy atom. The summed E-state index contributed by atoms with van der Waals surface area (Å²) in [4.78, 5) is 11.2. The van der Waals surface area contributed by atoms with Crippen molar-refractivity contribution in [3.8, 4) is 0 Å². The summed E-state index contributed by atoms with van der Waals surface area (Å²) in [5.41, 5.74) is 5.58. The lowest BCUT2D eigenvalue weighted by atomic mass is 10.2. The van der Waals surface area contributed by atoms with E-state index in [2.05, 4.69) is 0 Å². The minimum Gasteiger partial charge on any atom is -0.519 e. The van der Waals surface area contributed by atoms with Gasteiger partial charge in [0.15, 0.2) is 0 Å². The van der Waals surface area contributed by atoms with Gasteiger partial charge in [-0.05, 0) is 26.1 Å². The van der Waals surface area contributed by atoms with Crippen molar-refractivity contribution in [2.75, 3.05) is 0 Å². The molecule has 1 atom stereocenters. The van der Waals surface area contributed by atoms with Gasteiger partial charge in [-0.1, -0.05) is 13.3 Å². The predicted molar refractivity (Wildman–Crippen MR) is 52.3 cm³/mol. The highest BCUT2D eigenvalue weighted by Gasteiger charge is 2.23. The second kappa shape index (κ2) is 4.62. The summed E-state index contributed by atoms with van der Waals surface area (Å²) in [6.07, 6.45) is 1.63. The molecule has 4 heteroatoms. The summed E-state index contributed by atoms with van der Waals surface area (Å²) in [6.45, 7) is 7.93. The van der Waals surface area contributed by atoms with E-state index in [9.17, 15) is 4.79 Å². The van der Waals surface area contributed by atoms with Crippen molar-refractivity contribution in [1.82, 2.24) is 0 Å². The lowest BCUT2D eigenvalue weighted by molar-refractivity contribution is -0.136. The highest BCUT2D eigenvalue weighted by molar-refractivity contribution is 6.71. The Morgan fingerprint density at radius 2 is 2.00 bits per heavy atom. The Balaban J connectivity index is 3.87. The van der Waals surface area contributed by atoms with E-state index < -0.39 is 14.4 Å². The molecule has 0 saturated heterocycles. The molecule has 0 aliphatic carbocycles. The predicted octanol–water partition coefficient (Wildman–Crippen LogP) is 1.49. The van der Waals surface area contributed by atoms with Crippen LogP contribution in [0, 0.1) is 0 Å². The molecule has 0 unspecified atom stereocenters. The number of hydrogen-bond donors (Lipinski definition) is 1. The lowest BCUT2D eigenvalue weighted by Crippen LogP contribution is -2.39. The highest BCUT2D eigenvalue weighted by Crippen LogP contribution is 2.05. The van der Waals surface area contributed by atoms with Gasteiger partial charge in [-0.15, -0.1) is 0 Å². The molecule has 0 aromatic rings. The largest absolute Gasteiger partial charge is 0.519 e. The fraction of sp³-hybridized carbons (Fsp3) is 0.875. The summed E-state index contributed by atoms with van der Waals surface area (Å²) in [5.74, 6) is -0.240. The summed E-state index contributed by atoms with van der Waals surface area (Å²) in [6, 6.07) is -0.429. The first-order chi connectivity index (χ1) is 5.37. The number of carbonyl (C=O) groups excluding carboxylic acids is 1. The second-order valence-electron chi connectivity index (χ2n) is 3.93. The van der Waals surface area contributed by atoms with Crippen LogP contribution in [0.2, 0.25) is 19.6 Å². The normalized spacial score (nSPS) is 14.1. The number of nitrogens with two attached hydrogens (primary N) is 1. The third-order valence-electron chi connectivity index (χ3n) is 1.31. The van der Waals surface area contributed by atoms with E-state index in [0.29, 0.717) is 6.42 Å².